The lowest BCUT2D eigenvalue weighted by atomic mass is 10.5. The topological polar surface area (TPSA) is 9.23 Å². The molecule has 0 aromatic rings. The van der Waals surface area contributed by atoms with Crippen LogP contribution >= 0.6 is 11.1 Å². The second-order valence-corrected chi connectivity index (χ2v) is 8.22. The van der Waals surface area contributed by atoms with Crippen LogP contribution in [-0.4, -0.2) is 13.7 Å². The summed E-state index contributed by atoms with van der Waals surface area (Å²) in [5, 5.41) is 0. The fraction of sp³-hybridized carbons (Fsp3) is 1.00. The standard InChI is InChI=1S/C5H13ClOSi/c1-5(2)7-8(3,4)6/h5H,1-4H3. The Labute approximate surface area is 56.8 Å². The van der Waals surface area contributed by atoms with Gasteiger partial charge in [-0.15, -0.1) is 11.1 Å². The lowest BCUT2D eigenvalue weighted by molar-refractivity contribution is 0.242. The molecule has 0 radical (unpaired) electrons. The normalized spacial score (nSPS) is 12.8. The van der Waals surface area contributed by atoms with Crippen molar-refractivity contribution in [2.75, 3.05) is 0 Å². The third-order valence-corrected chi connectivity index (χ3v) is 1.82. The molecule has 0 aromatic heterocycles. The minimum atomic E-state index is -1.75. The van der Waals surface area contributed by atoms with Gasteiger partial charge in [-0.2, -0.15) is 0 Å². The van der Waals surface area contributed by atoms with Gasteiger partial charge < -0.3 is 4.43 Å². The Balaban J connectivity index is 3.39. The molecule has 0 unspecified atom stereocenters. The molecular weight excluding hydrogens is 140 g/mol. The Bertz CT molecular complexity index is 67.3. The van der Waals surface area contributed by atoms with Gasteiger partial charge in [-0.1, -0.05) is 0 Å². The van der Waals surface area contributed by atoms with E-state index in [0.29, 0.717) is 0 Å². The Morgan fingerprint density at radius 2 is 1.75 bits per heavy atom. The molecule has 0 fully saturated rings. The zero-order valence-corrected chi connectivity index (χ0v) is 7.62. The van der Waals surface area contributed by atoms with Crippen molar-refractivity contribution in [3.8, 4) is 0 Å². The van der Waals surface area contributed by atoms with Gasteiger partial charge >= 0.3 is 0 Å². The molecule has 0 aliphatic heterocycles. The second kappa shape index (κ2) is 2.85. The highest BCUT2D eigenvalue weighted by Gasteiger charge is 2.19. The molecule has 3 heteroatoms. The Kier molecular flexibility index (Phi) is 3.02. The first kappa shape index (κ1) is 8.47. The molecule has 0 N–H and O–H groups in total. The molecule has 0 atom stereocenters. The van der Waals surface area contributed by atoms with Crippen molar-refractivity contribution in [2.24, 2.45) is 0 Å². The first-order valence-electron chi connectivity index (χ1n) is 2.78. The van der Waals surface area contributed by atoms with E-state index in [0.717, 1.165) is 0 Å². The average molecular weight is 153 g/mol. The van der Waals surface area contributed by atoms with Crippen LogP contribution in [0.15, 0.2) is 0 Å². The highest BCUT2D eigenvalue weighted by molar-refractivity contribution is 7.15. The minimum absolute atomic E-state index is 0.272. The third kappa shape index (κ3) is 6.47. The molecule has 0 aliphatic carbocycles. The van der Waals surface area contributed by atoms with Gasteiger partial charge in [-0.3, -0.25) is 0 Å². The van der Waals surface area contributed by atoms with Crippen LogP contribution in [0, 0.1) is 0 Å². The smallest absolute Gasteiger partial charge is 0.284 e. The number of rotatable bonds is 2. The van der Waals surface area contributed by atoms with E-state index >= 15 is 0 Å². The molecular formula is C5H13ClOSi. The van der Waals surface area contributed by atoms with Crippen LogP contribution in [0.5, 0.6) is 0 Å². The van der Waals surface area contributed by atoms with Gasteiger partial charge in [0.15, 0.2) is 0 Å². The highest BCUT2D eigenvalue weighted by atomic mass is 35.6. The van der Waals surface area contributed by atoms with E-state index < -0.39 is 7.63 Å². The molecule has 0 rings (SSSR count). The summed E-state index contributed by atoms with van der Waals surface area (Å²) in [6, 6.07) is 0. The van der Waals surface area contributed by atoms with Gasteiger partial charge in [0, 0.05) is 6.10 Å². The predicted molar refractivity (Wildman–Crippen MR) is 39.6 cm³/mol. The van der Waals surface area contributed by atoms with Crippen molar-refractivity contribution in [1.29, 1.82) is 0 Å². The molecule has 1 nitrogen and oxygen atoms in total. The summed E-state index contributed by atoms with van der Waals surface area (Å²) in [5.41, 5.74) is 0. The lowest BCUT2D eigenvalue weighted by Crippen LogP contribution is -2.26. The maximum absolute atomic E-state index is 5.84. The maximum atomic E-state index is 5.84. The van der Waals surface area contributed by atoms with Crippen LogP contribution in [0.1, 0.15) is 13.8 Å². The largest absolute Gasteiger partial charge is 0.401 e. The van der Waals surface area contributed by atoms with Crippen LogP contribution in [-0.2, 0) is 4.43 Å². The molecule has 0 amide bonds. The summed E-state index contributed by atoms with van der Waals surface area (Å²) in [5.74, 6) is 0. The van der Waals surface area contributed by atoms with Crippen LogP contribution in [0.3, 0.4) is 0 Å². The minimum Gasteiger partial charge on any atom is -0.401 e. The monoisotopic (exact) mass is 152 g/mol. The van der Waals surface area contributed by atoms with E-state index in [-0.39, 0.29) is 6.10 Å². The van der Waals surface area contributed by atoms with Gasteiger partial charge in [0.25, 0.3) is 7.63 Å². The first-order chi connectivity index (χ1) is 3.42. The van der Waals surface area contributed by atoms with E-state index in [1.165, 1.54) is 0 Å². The summed E-state index contributed by atoms with van der Waals surface area (Å²) >= 11 is 5.84. The van der Waals surface area contributed by atoms with E-state index in [4.69, 9.17) is 15.5 Å². The SMILES string of the molecule is CC(C)O[Si](C)(C)Cl. The highest BCUT2D eigenvalue weighted by Crippen LogP contribution is 2.11. The summed E-state index contributed by atoms with van der Waals surface area (Å²) in [4.78, 5) is 0. The maximum Gasteiger partial charge on any atom is 0.284 e. The van der Waals surface area contributed by atoms with Crippen molar-refractivity contribution >= 4 is 18.7 Å². The van der Waals surface area contributed by atoms with Gasteiger partial charge in [0.05, 0.1) is 0 Å². The molecule has 0 aliphatic rings. The Morgan fingerprint density at radius 1 is 1.38 bits per heavy atom. The summed E-state index contributed by atoms with van der Waals surface area (Å²) in [6.45, 7) is 7.93. The van der Waals surface area contributed by atoms with Crippen LogP contribution < -0.4 is 0 Å². The van der Waals surface area contributed by atoms with Crippen molar-refractivity contribution in [3.05, 3.63) is 0 Å². The number of hydrogen-bond acceptors (Lipinski definition) is 1. The average Bonchev–Trinajstić information content (AvgIpc) is 1.21. The number of hydrogen-bond donors (Lipinski definition) is 0. The molecule has 0 saturated heterocycles. The van der Waals surface area contributed by atoms with Crippen molar-refractivity contribution in [3.63, 3.8) is 0 Å². The Hall–Kier alpha value is 0.467. The van der Waals surface area contributed by atoms with Gasteiger partial charge in [0.2, 0.25) is 0 Å². The van der Waals surface area contributed by atoms with Crippen LogP contribution in [0.2, 0.25) is 13.1 Å². The fourth-order valence-electron chi connectivity index (χ4n) is 0.560. The third-order valence-electron chi connectivity index (χ3n) is 0.516. The van der Waals surface area contributed by atoms with E-state index in [2.05, 4.69) is 0 Å². The quantitative estimate of drug-likeness (QED) is 0.436. The van der Waals surface area contributed by atoms with E-state index in [1.54, 1.807) is 0 Å². The zero-order chi connectivity index (χ0) is 6.78. The zero-order valence-electron chi connectivity index (χ0n) is 5.86. The molecule has 0 heterocycles. The summed E-state index contributed by atoms with van der Waals surface area (Å²) in [7, 11) is -1.75. The fourth-order valence-corrected chi connectivity index (χ4v) is 2.22. The van der Waals surface area contributed by atoms with Gasteiger partial charge in [0.1, 0.15) is 0 Å². The molecule has 0 bridgehead atoms. The molecule has 50 valence electrons. The molecule has 8 heavy (non-hydrogen) atoms. The van der Waals surface area contributed by atoms with Crippen molar-refractivity contribution in [2.45, 2.75) is 33.0 Å². The molecule has 0 spiro atoms. The van der Waals surface area contributed by atoms with Crippen LogP contribution in [0.25, 0.3) is 0 Å². The van der Waals surface area contributed by atoms with E-state index in [1.807, 2.05) is 26.9 Å². The number of halogens is 1. The van der Waals surface area contributed by atoms with E-state index in [9.17, 15) is 0 Å². The van der Waals surface area contributed by atoms with Crippen molar-refractivity contribution in [1.82, 2.24) is 0 Å². The molecule has 0 saturated carbocycles. The summed E-state index contributed by atoms with van der Waals surface area (Å²) in [6.07, 6.45) is 0.272. The Morgan fingerprint density at radius 3 is 1.75 bits per heavy atom. The second-order valence-electron chi connectivity index (χ2n) is 2.53. The van der Waals surface area contributed by atoms with Crippen molar-refractivity contribution < 1.29 is 4.43 Å². The van der Waals surface area contributed by atoms with Crippen LogP contribution in [0.4, 0.5) is 0 Å². The van der Waals surface area contributed by atoms with Gasteiger partial charge in [-0.25, -0.2) is 0 Å². The first-order valence-corrected chi connectivity index (χ1v) is 6.70. The molecule has 0 aromatic carbocycles. The summed E-state index contributed by atoms with van der Waals surface area (Å²) < 4.78 is 5.34. The lowest BCUT2D eigenvalue weighted by Gasteiger charge is -2.17. The van der Waals surface area contributed by atoms with Gasteiger partial charge in [-0.05, 0) is 26.9 Å². The predicted octanol–water partition coefficient (Wildman–Crippen LogP) is 2.35.